The number of aryl methyl sites for hydroxylation is 1. The number of rotatable bonds is 8. The number of hydrogen-bond acceptors (Lipinski definition) is 4. The van der Waals surface area contributed by atoms with Gasteiger partial charge in [0.2, 0.25) is 5.91 Å². The van der Waals surface area contributed by atoms with E-state index in [0.717, 1.165) is 22.6 Å². The minimum absolute atomic E-state index is 0.0215. The number of nitrogens with one attached hydrogen (secondary N) is 1. The highest BCUT2D eigenvalue weighted by Gasteiger charge is 2.17. The van der Waals surface area contributed by atoms with E-state index in [0.29, 0.717) is 25.3 Å². The molecule has 0 saturated carbocycles. The van der Waals surface area contributed by atoms with Crippen LogP contribution >= 0.6 is 0 Å². The van der Waals surface area contributed by atoms with E-state index >= 15 is 0 Å². The summed E-state index contributed by atoms with van der Waals surface area (Å²) in [5.74, 6) is 1.24. The third kappa shape index (κ3) is 5.05. The lowest BCUT2D eigenvalue weighted by atomic mass is 10.1. The lowest BCUT2D eigenvalue weighted by molar-refractivity contribution is -0.122. The van der Waals surface area contributed by atoms with Gasteiger partial charge in [-0.1, -0.05) is 60.7 Å². The molecule has 0 spiro atoms. The number of oxazole rings is 1. The monoisotopic (exact) mass is 364 g/mol. The molecule has 1 heterocycles. The van der Waals surface area contributed by atoms with Crippen LogP contribution in [0.5, 0.6) is 0 Å². The molecule has 0 bridgehead atoms. The van der Waals surface area contributed by atoms with Crippen LogP contribution in [0.15, 0.2) is 65.1 Å². The molecule has 3 rings (SSSR count). The van der Waals surface area contributed by atoms with E-state index in [2.05, 4.69) is 10.3 Å². The van der Waals surface area contributed by atoms with E-state index in [9.17, 15) is 4.79 Å². The molecular weight excluding hydrogens is 340 g/mol. The Labute approximate surface area is 159 Å². The van der Waals surface area contributed by atoms with Gasteiger partial charge < -0.3 is 14.5 Å². The summed E-state index contributed by atoms with van der Waals surface area (Å²) in [7, 11) is 1.62. The van der Waals surface area contributed by atoms with Gasteiger partial charge in [0.15, 0.2) is 11.7 Å². The van der Waals surface area contributed by atoms with Crippen molar-refractivity contribution in [1.29, 1.82) is 0 Å². The highest BCUT2D eigenvalue weighted by atomic mass is 16.5. The molecule has 3 aromatic rings. The van der Waals surface area contributed by atoms with E-state index in [1.54, 1.807) is 7.11 Å². The summed E-state index contributed by atoms with van der Waals surface area (Å²) < 4.78 is 11.1. The Morgan fingerprint density at radius 3 is 2.33 bits per heavy atom. The minimum Gasteiger partial charge on any atom is -0.440 e. The first-order valence-electron chi connectivity index (χ1n) is 9.06. The van der Waals surface area contributed by atoms with Crippen LogP contribution in [0.1, 0.15) is 19.2 Å². The van der Waals surface area contributed by atoms with Gasteiger partial charge >= 0.3 is 0 Å². The predicted octanol–water partition coefficient (Wildman–Crippen LogP) is 4.09. The number of benzene rings is 2. The fourth-order valence-corrected chi connectivity index (χ4v) is 2.91. The van der Waals surface area contributed by atoms with Crippen LogP contribution in [0.2, 0.25) is 0 Å². The Balaban J connectivity index is 1.79. The third-order valence-electron chi connectivity index (χ3n) is 4.14. The normalized spacial score (nSPS) is 11.9. The molecule has 140 valence electrons. The molecule has 1 aromatic heterocycles. The standard InChI is InChI=1S/C22H24N2O3/c1-16(15-26-2)23-19(25)13-14-20-24-21(17-9-5-3-6-10-17)22(27-20)18-11-7-4-8-12-18/h3-12,16H,13-15H2,1-2H3,(H,23,25). The smallest absolute Gasteiger partial charge is 0.220 e. The fourth-order valence-electron chi connectivity index (χ4n) is 2.91. The molecule has 1 N–H and O–H groups in total. The maximum atomic E-state index is 12.1. The number of carbonyl (C=O) groups excluding carboxylic acids is 1. The van der Waals surface area contributed by atoms with Gasteiger partial charge in [-0.15, -0.1) is 0 Å². The third-order valence-corrected chi connectivity index (χ3v) is 4.14. The van der Waals surface area contributed by atoms with E-state index < -0.39 is 0 Å². The SMILES string of the molecule is COCC(C)NC(=O)CCc1nc(-c2ccccc2)c(-c2ccccc2)o1. The Morgan fingerprint density at radius 1 is 1.07 bits per heavy atom. The molecule has 1 amide bonds. The van der Waals surface area contributed by atoms with Gasteiger partial charge in [-0.05, 0) is 6.92 Å². The highest BCUT2D eigenvalue weighted by Crippen LogP contribution is 2.32. The van der Waals surface area contributed by atoms with E-state index in [4.69, 9.17) is 9.15 Å². The zero-order valence-electron chi connectivity index (χ0n) is 15.6. The van der Waals surface area contributed by atoms with Crippen molar-refractivity contribution in [3.05, 3.63) is 66.6 Å². The molecule has 0 radical (unpaired) electrons. The van der Waals surface area contributed by atoms with Crippen LogP contribution in [0.4, 0.5) is 0 Å². The van der Waals surface area contributed by atoms with Crippen LogP contribution in [-0.2, 0) is 16.0 Å². The van der Waals surface area contributed by atoms with Crippen molar-refractivity contribution in [2.45, 2.75) is 25.8 Å². The Bertz CT molecular complexity index is 803. The van der Waals surface area contributed by atoms with Gasteiger partial charge in [0, 0.05) is 37.1 Å². The Morgan fingerprint density at radius 2 is 1.70 bits per heavy atom. The summed E-state index contributed by atoms with van der Waals surface area (Å²) in [4.78, 5) is 16.8. The first-order chi connectivity index (χ1) is 13.2. The Kier molecular flexibility index (Phi) is 6.39. The van der Waals surface area contributed by atoms with Gasteiger partial charge in [-0.25, -0.2) is 4.98 Å². The number of nitrogens with zero attached hydrogens (tertiary/aromatic N) is 1. The van der Waals surface area contributed by atoms with Crippen molar-refractivity contribution in [3.63, 3.8) is 0 Å². The number of carbonyl (C=O) groups is 1. The number of ether oxygens (including phenoxy) is 1. The van der Waals surface area contributed by atoms with Crippen molar-refractivity contribution < 1.29 is 13.9 Å². The molecule has 0 aliphatic carbocycles. The second kappa shape index (κ2) is 9.14. The summed E-state index contributed by atoms with van der Waals surface area (Å²) in [6, 6.07) is 19.8. The molecular formula is C22H24N2O3. The molecule has 0 aliphatic heterocycles. The Hall–Kier alpha value is -2.92. The van der Waals surface area contributed by atoms with Crippen LogP contribution < -0.4 is 5.32 Å². The second-order valence-electron chi connectivity index (χ2n) is 6.44. The summed E-state index contributed by atoms with van der Waals surface area (Å²) >= 11 is 0. The van der Waals surface area contributed by atoms with Crippen molar-refractivity contribution in [2.24, 2.45) is 0 Å². The average Bonchev–Trinajstić information content (AvgIpc) is 3.12. The highest BCUT2D eigenvalue weighted by molar-refractivity contribution is 5.78. The maximum Gasteiger partial charge on any atom is 0.220 e. The topological polar surface area (TPSA) is 64.4 Å². The predicted molar refractivity (Wildman–Crippen MR) is 105 cm³/mol. The lowest BCUT2D eigenvalue weighted by Crippen LogP contribution is -2.35. The van der Waals surface area contributed by atoms with Crippen LogP contribution in [0.3, 0.4) is 0 Å². The summed E-state index contributed by atoms with van der Waals surface area (Å²) in [6.07, 6.45) is 0.759. The zero-order chi connectivity index (χ0) is 19.1. The van der Waals surface area contributed by atoms with E-state index in [1.807, 2.05) is 67.6 Å². The van der Waals surface area contributed by atoms with Gasteiger partial charge in [-0.3, -0.25) is 4.79 Å². The molecule has 0 aliphatic rings. The fraction of sp³-hybridized carbons (Fsp3) is 0.273. The van der Waals surface area contributed by atoms with Gasteiger partial charge in [0.25, 0.3) is 0 Å². The molecule has 27 heavy (non-hydrogen) atoms. The largest absolute Gasteiger partial charge is 0.440 e. The first-order valence-corrected chi connectivity index (χ1v) is 9.06. The quantitative estimate of drug-likeness (QED) is 0.654. The molecule has 1 unspecified atom stereocenters. The van der Waals surface area contributed by atoms with Crippen molar-refractivity contribution >= 4 is 5.91 Å². The number of methoxy groups -OCH3 is 1. The molecule has 2 aromatic carbocycles. The average molecular weight is 364 g/mol. The van der Waals surface area contributed by atoms with Crippen LogP contribution in [0, 0.1) is 0 Å². The first kappa shape index (κ1) is 18.9. The maximum absolute atomic E-state index is 12.1. The van der Waals surface area contributed by atoms with E-state index in [1.165, 1.54) is 0 Å². The van der Waals surface area contributed by atoms with Gasteiger partial charge in [-0.2, -0.15) is 0 Å². The summed E-state index contributed by atoms with van der Waals surface area (Å²) in [5.41, 5.74) is 2.75. The molecule has 1 atom stereocenters. The molecule has 0 saturated heterocycles. The van der Waals surface area contributed by atoms with Crippen molar-refractivity contribution in [3.8, 4) is 22.6 Å². The van der Waals surface area contributed by atoms with E-state index in [-0.39, 0.29) is 11.9 Å². The summed E-state index contributed by atoms with van der Waals surface area (Å²) in [5, 5.41) is 2.90. The van der Waals surface area contributed by atoms with Crippen molar-refractivity contribution in [2.75, 3.05) is 13.7 Å². The summed E-state index contributed by atoms with van der Waals surface area (Å²) in [6.45, 7) is 2.40. The van der Waals surface area contributed by atoms with Crippen LogP contribution in [-0.4, -0.2) is 30.6 Å². The van der Waals surface area contributed by atoms with Crippen molar-refractivity contribution in [1.82, 2.24) is 10.3 Å². The number of amides is 1. The van der Waals surface area contributed by atoms with Crippen LogP contribution in [0.25, 0.3) is 22.6 Å². The second-order valence-corrected chi connectivity index (χ2v) is 6.44. The molecule has 0 fully saturated rings. The lowest BCUT2D eigenvalue weighted by Gasteiger charge is -2.11. The van der Waals surface area contributed by atoms with Gasteiger partial charge in [0.05, 0.1) is 6.61 Å². The number of aromatic nitrogens is 1. The molecule has 5 heteroatoms. The molecule has 5 nitrogen and oxygen atoms in total. The van der Waals surface area contributed by atoms with Gasteiger partial charge in [0.1, 0.15) is 5.69 Å². The zero-order valence-corrected chi connectivity index (χ0v) is 15.6. The number of hydrogen-bond donors (Lipinski definition) is 1. The minimum atomic E-state index is -0.0414.